The van der Waals surface area contributed by atoms with Gasteiger partial charge in [-0.15, -0.1) is 0 Å². The molecule has 0 saturated carbocycles. The summed E-state index contributed by atoms with van der Waals surface area (Å²) in [6, 6.07) is 0. The van der Waals surface area contributed by atoms with E-state index in [2.05, 4.69) is 3.71 Å². The highest BCUT2D eigenvalue weighted by Crippen LogP contribution is 2.24. The van der Waals surface area contributed by atoms with Gasteiger partial charge in [0.05, 0.1) is 0 Å². The number of nitrogens with zero attached hydrogens (tertiary/aromatic N) is 1. The Bertz CT molecular complexity index is 52.9. The molecular formula is C3H8N2S2. The Balaban J connectivity index is 2.14. The van der Waals surface area contributed by atoms with Crippen molar-refractivity contribution < 1.29 is 0 Å². The van der Waals surface area contributed by atoms with Crippen molar-refractivity contribution in [1.29, 1.82) is 0 Å². The third-order valence-electron chi connectivity index (χ3n) is 0.838. The van der Waals surface area contributed by atoms with E-state index in [0.717, 1.165) is 6.54 Å². The van der Waals surface area contributed by atoms with E-state index in [4.69, 9.17) is 5.14 Å². The fourth-order valence-electron chi connectivity index (χ4n) is 0.508. The second-order valence-electron chi connectivity index (χ2n) is 1.35. The zero-order chi connectivity index (χ0) is 5.11. The molecule has 4 heteroatoms. The van der Waals surface area contributed by atoms with Gasteiger partial charge in [0.25, 0.3) is 0 Å². The first-order valence-corrected chi connectivity index (χ1v) is 3.98. The van der Waals surface area contributed by atoms with Crippen molar-refractivity contribution in [1.82, 2.24) is 3.71 Å². The monoisotopic (exact) mass is 136 g/mol. The van der Waals surface area contributed by atoms with Gasteiger partial charge in [-0.05, 0) is 6.42 Å². The fraction of sp³-hybridized carbons (Fsp3) is 1.00. The molecule has 0 spiro atoms. The zero-order valence-corrected chi connectivity index (χ0v) is 5.60. The lowest BCUT2D eigenvalue weighted by Crippen LogP contribution is -2.02. The third-order valence-corrected chi connectivity index (χ3v) is 2.77. The van der Waals surface area contributed by atoms with E-state index in [9.17, 15) is 0 Å². The van der Waals surface area contributed by atoms with Crippen molar-refractivity contribution in [2.24, 2.45) is 5.14 Å². The SMILES string of the molecule is NSN1CCCS1. The molecule has 1 rings (SSSR count). The maximum atomic E-state index is 5.26. The van der Waals surface area contributed by atoms with Crippen LogP contribution in [0.25, 0.3) is 0 Å². The van der Waals surface area contributed by atoms with Gasteiger partial charge >= 0.3 is 0 Å². The molecule has 0 atom stereocenters. The van der Waals surface area contributed by atoms with E-state index in [-0.39, 0.29) is 0 Å². The third kappa shape index (κ3) is 1.53. The van der Waals surface area contributed by atoms with Crippen LogP contribution in [0.2, 0.25) is 0 Å². The normalized spacial score (nSPS) is 23.6. The smallest absolute Gasteiger partial charge is 0.0223 e. The first kappa shape index (κ1) is 5.75. The first-order chi connectivity index (χ1) is 3.43. The molecule has 1 fully saturated rings. The Hall–Kier alpha value is 0.620. The van der Waals surface area contributed by atoms with Crippen molar-refractivity contribution in [2.75, 3.05) is 12.3 Å². The van der Waals surface area contributed by atoms with Gasteiger partial charge in [0.2, 0.25) is 0 Å². The molecule has 1 aliphatic rings. The largest absolute Gasteiger partial charge is 0.264 e. The topological polar surface area (TPSA) is 29.3 Å². The number of rotatable bonds is 1. The van der Waals surface area contributed by atoms with Crippen molar-refractivity contribution >= 4 is 24.1 Å². The Morgan fingerprint density at radius 3 is 2.86 bits per heavy atom. The maximum absolute atomic E-state index is 5.26. The standard InChI is InChI=1S/C3H8N2S2/c4-7-5-2-1-3-6-5/h1-4H2. The Morgan fingerprint density at radius 2 is 2.57 bits per heavy atom. The molecule has 0 aromatic rings. The second-order valence-corrected chi connectivity index (χ2v) is 3.34. The number of hydrogen-bond donors (Lipinski definition) is 1. The minimum atomic E-state index is 1.14. The van der Waals surface area contributed by atoms with Crippen LogP contribution in [0.1, 0.15) is 6.42 Å². The summed E-state index contributed by atoms with van der Waals surface area (Å²) >= 11 is 3.14. The molecular weight excluding hydrogens is 128 g/mol. The van der Waals surface area contributed by atoms with Crippen LogP contribution in [0, 0.1) is 0 Å². The predicted molar refractivity (Wildman–Crippen MR) is 35.6 cm³/mol. The van der Waals surface area contributed by atoms with Gasteiger partial charge < -0.3 is 0 Å². The van der Waals surface area contributed by atoms with Crippen LogP contribution in [-0.4, -0.2) is 16.0 Å². The van der Waals surface area contributed by atoms with Gasteiger partial charge in [0, 0.05) is 24.4 Å². The molecule has 0 aromatic carbocycles. The van der Waals surface area contributed by atoms with E-state index in [1.165, 1.54) is 24.3 Å². The summed E-state index contributed by atoms with van der Waals surface area (Å²) in [5, 5.41) is 5.26. The van der Waals surface area contributed by atoms with E-state index in [1.807, 2.05) is 11.9 Å². The summed E-state index contributed by atoms with van der Waals surface area (Å²) in [7, 11) is 0. The van der Waals surface area contributed by atoms with Crippen LogP contribution in [0.15, 0.2) is 0 Å². The van der Waals surface area contributed by atoms with Crippen LogP contribution in [0.3, 0.4) is 0 Å². The number of nitrogens with two attached hydrogens (primary N) is 1. The molecule has 2 nitrogen and oxygen atoms in total. The van der Waals surface area contributed by atoms with E-state index in [1.54, 1.807) is 0 Å². The highest BCUT2D eigenvalue weighted by molar-refractivity contribution is 8.11. The van der Waals surface area contributed by atoms with Crippen molar-refractivity contribution in [3.05, 3.63) is 0 Å². The van der Waals surface area contributed by atoms with Crippen LogP contribution < -0.4 is 5.14 Å². The molecule has 0 aromatic heterocycles. The zero-order valence-electron chi connectivity index (χ0n) is 3.96. The van der Waals surface area contributed by atoms with Crippen LogP contribution >= 0.6 is 24.1 Å². The first-order valence-electron chi connectivity index (χ1n) is 2.21. The van der Waals surface area contributed by atoms with Gasteiger partial charge in [0.15, 0.2) is 0 Å². The van der Waals surface area contributed by atoms with E-state index < -0.39 is 0 Å². The highest BCUT2D eigenvalue weighted by atomic mass is 32.2. The van der Waals surface area contributed by atoms with E-state index >= 15 is 0 Å². The number of hydrogen-bond acceptors (Lipinski definition) is 4. The van der Waals surface area contributed by atoms with Gasteiger partial charge in [-0.2, -0.15) is 3.71 Å². The Labute approximate surface area is 52.2 Å². The van der Waals surface area contributed by atoms with Gasteiger partial charge in [-0.3, -0.25) is 5.14 Å². The molecule has 0 amide bonds. The summed E-state index contributed by atoms with van der Waals surface area (Å²) < 4.78 is 2.10. The second kappa shape index (κ2) is 2.81. The Morgan fingerprint density at radius 1 is 1.71 bits per heavy atom. The maximum Gasteiger partial charge on any atom is 0.0223 e. The fourth-order valence-corrected chi connectivity index (χ4v) is 1.93. The quantitative estimate of drug-likeness (QED) is 0.541. The lowest BCUT2D eigenvalue weighted by atomic mass is 10.5. The Kier molecular flexibility index (Phi) is 2.31. The molecule has 1 saturated heterocycles. The van der Waals surface area contributed by atoms with E-state index in [0.29, 0.717) is 0 Å². The van der Waals surface area contributed by atoms with Crippen LogP contribution in [0.5, 0.6) is 0 Å². The van der Waals surface area contributed by atoms with Crippen molar-refractivity contribution in [3.63, 3.8) is 0 Å². The lowest BCUT2D eigenvalue weighted by molar-refractivity contribution is 0.762. The molecule has 42 valence electrons. The molecule has 0 bridgehead atoms. The predicted octanol–water partition coefficient (Wildman–Crippen LogP) is 0.862. The molecule has 1 heterocycles. The summed E-state index contributed by atoms with van der Waals surface area (Å²) in [6.45, 7) is 1.14. The molecule has 0 unspecified atom stereocenters. The van der Waals surface area contributed by atoms with Crippen molar-refractivity contribution in [2.45, 2.75) is 6.42 Å². The molecule has 0 aliphatic carbocycles. The average molecular weight is 136 g/mol. The summed E-state index contributed by atoms with van der Waals surface area (Å²) in [5.74, 6) is 1.24. The van der Waals surface area contributed by atoms with Gasteiger partial charge in [0.1, 0.15) is 0 Å². The summed E-state index contributed by atoms with van der Waals surface area (Å²) in [4.78, 5) is 0. The molecule has 7 heavy (non-hydrogen) atoms. The molecule has 0 radical (unpaired) electrons. The van der Waals surface area contributed by atoms with Gasteiger partial charge in [-0.1, -0.05) is 11.9 Å². The minimum absolute atomic E-state index is 1.14. The van der Waals surface area contributed by atoms with Gasteiger partial charge in [-0.25, -0.2) is 0 Å². The van der Waals surface area contributed by atoms with Crippen molar-refractivity contribution in [3.8, 4) is 0 Å². The lowest BCUT2D eigenvalue weighted by Gasteiger charge is -2.04. The summed E-state index contributed by atoms with van der Waals surface area (Å²) in [5.41, 5.74) is 0. The molecule has 1 aliphatic heterocycles. The van der Waals surface area contributed by atoms with Crippen LogP contribution in [0.4, 0.5) is 0 Å². The summed E-state index contributed by atoms with van der Waals surface area (Å²) in [6.07, 6.45) is 1.29. The molecule has 2 N–H and O–H groups in total. The highest BCUT2D eigenvalue weighted by Gasteiger charge is 2.09. The average Bonchev–Trinajstić information content (AvgIpc) is 2.14. The van der Waals surface area contributed by atoms with Crippen LogP contribution in [-0.2, 0) is 0 Å². The minimum Gasteiger partial charge on any atom is -0.264 e.